The molecule has 2 heterocycles. The molecule has 2 amide bonds. The Kier molecular flexibility index (Phi) is 4.54. The van der Waals surface area contributed by atoms with E-state index >= 15 is 0 Å². The molecule has 0 aliphatic heterocycles. The number of carbonyl (C=O) groups excluding carboxylic acids is 1. The van der Waals surface area contributed by atoms with E-state index in [0.29, 0.717) is 11.7 Å². The van der Waals surface area contributed by atoms with Gasteiger partial charge in [-0.15, -0.1) is 0 Å². The van der Waals surface area contributed by atoms with E-state index in [1.807, 2.05) is 40.8 Å². The van der Waals surface area contributed by atoms with Gasteiger partial charge in [-0.3, -0.25) is 10.00 Å². The molecule has 120 valence electrons. The van der Waals surface area contributed by atoms with E-state index < -0.39 is 0 Å². The van der Waals surface area contributed by atoms with Crippen molar-refractivity contribution in [2.24, 2.45) is 0 Å². The normalized spacial score (nSPS) is 11.7. The number of nitrogens with zero attached hydrogens (tertiary/aromatic N) is 3. The highest BCUT2D eigenvalue weighted by Gasteiger charge is 2.19. The van der Waals surface area contributed by atoms with Gasteiger partial charge in [-0.2, -0.15) is 5.10 Å². The second-order valence-electron chi connectivity index (χ2n) is 6.45. The maximum absolute atomic E-state index is 11.8. The summed E-state index contributed by atoms with van der Waals surface area (Å²) in [6.07, 6.45) is 3.52. The summed E-state index contributed by atoms with van der Waals surface area (Å²) in [4.78, 5) is 16.0. The van der Waals surface area contributed by atoms with Gasteiger partial charge in [-0.1, -0.05) is 20.8 Å². The van der Waals surface area contributed by atoms with Crippen molar-refractivity contribution in [2.75, 3.05) is 5.32 Å². The van der Waals surface area contributed by atoms with Gasteiger partial charge in [0.1, 0.15) is 5.76 Å². The number of nitrogens with one attached hydrogen (secondary N) is 2. The van der Waals surface area contributed by atoms with Crippen LogP contribution in [-0.2, 0) is 12.0 Å². The first-order valence-corrected chi connectivity index (χ1v) is 7.31. The van der Waals surface area contributed by atoms with E-state index in [0.717, 1.165) is 5.76 Å². The summed E-state index contributed by atoms with van der Waals surface area (Å²) in [5.41, 5.74) is -0.100. The molecule has 0 aromatic carbocycles. The highest BCUT2D eigenvalue weighted by atomic mass is 16.4. The molecule has 0 saturated carbocycles. The SMILES string of the molecule is CC(C)n1ccc(NC(=O)NCc2ncc(C(C)(C)C)o2)n1. The summed E-state index contributed by atoms with van der Waals surface area (Å²) >= 11 is 0. The van der Waals surface area contributed by atoms with E-state index in [-0.39, 0.29) is 24.0 Å². The molecule has 0 aliphatic rings. The lowest BCUT2D eigenvalue weighted by Gasteiger charge is -2.13. The van der Waals surface area contributed by atoms with Crippen LogP contribution < -0.4 is 10.6 Å². The third-order valence-electron chi connectivity index (χ3n) is 3.07. The van der Waals surface area contributed by atoms with Gasteiger partial charge in [0.2, 0.25) is 5.89 Å². The molecule has 2 rings (SSSR count). The Labute approximate surface area is 130 Å². The molecule has 0 unspecified atom stereocenters. The topological polar surface area (TPSA) is 85.0 Å². The van der Waals surface area contributed by atoms with Gasteiger partial charge in [0.25, 0.3) is 0 Å². The Balaban J connectivity index is 1.86. The molecule has 0 spiro atoms. The van der Waals surface area contributed by atoms with Crippen molar-refractivity contribution in [3.63, 3.8) is 0 Å². The molecule has 0 bridgehead atoms. The molecule has 0 saturated heterocycles. The Bertz CT molecular complexity index is 636. The number of aromatic nitrogens is 3. The third-order valence-corrected chi connectivity index (χ3v) is 3.07. The Morgan fingerprint density at radius 3 is 2.68 bits per heavy atom. The van der Waals surface area contributed by atoms with Crippen LogP contribution in [0.4, 0.5) is 10.6 Å². The molecule has 2 N–H and O–H groups in total. The van der Waals surface area contributed by atoms with Crippen LogP contribution in [0.3, 0.4) is 0 Å². The van der Waals surface area contributed by atoms with Gasteiger partial charge in [-0.05, 0) is 13.8 Å². The number of anilines is 1. The summed E-state index contributed by atoms with van der Waals surface area (Å²) in [5, 5.41) is 9.61. The van der Waals surface area contributed by atoms with Crippen molar-refractivity contribution in [2.45, 2.75) is 52.6 Å². The van der Waals surface area contributed by atoms with Crippen molar-refractivity contribution < 1.29 is 9.21 Å². The minimum Gasteiger partial charge on any atom is -0.443 e. The third kappa shape index (κ3) is 4.09. The molecule has 0 radical (unpaired) electrons. The highest BCUT2D eigenvalue weighted by Crippen LogP contribution is 2.22. The van der Waals surface area contributed by atoms with Crippen LogP contribution in [0.25, 0.3) is 0 Å². The lowest BCUT2D eigenvalue weighted by atomic mass is 9.94. The van der Waals surface area contributed by atoms with Gasteiger partial charge in [0.15, 0.2) is 5.82 Å². The zero-order valence-electron chi connectivity index (χ0n) is 13.7. The lowest BCUT2D eigenvalue weighted by molar-refractivity contribution is 0.250. The first-order chi connectivity index (χ1) is 10.3. The van der Waals surface area contributed by atoms with Crippen molar-refractivity contribution in [1.82, 2.24) is 20.1 Å². The maximum Gasteiger partial charge on any atom is 0.320 e. The van der Waals surface area contributed by atoms with Crippen LogP contribution in [-0.4, -0.2) is 20.8 Å². The number of hydrogen-bond donors (Lipinski definition) is 2. The Morgan fingerprint density at radius 1 is 1.41 bits per heavy atom. The van der Waals surface area contributed by atoms with Gasteiger partial charge < -0.3 is 9.73 Å². The van der Waals surface area contributed by atoms with E-state index in [4.69, 9.17) is 4.42 Å². The molecular formula is C15H23N5O2. The summed E-state index contributed by atoms with van der Waals surface area (Å²) in [7, 11) is 0. The van der Waals surface area contributed by atoms with Crippen LogP contribution in [0.15, 0.2) is 22.9 Å². The largest absolute Gasteiger partial charge is 0.443 e. The fourth-order valence-corrected chi connectivity index (χ4v) is 1.75. The second kappa shape index (κ2) is 6.21. The van der Waals surface area contributed by atoms with Gasteiger partial charge in [-0.25, -0.2) is 9.78 Å². The number of oxazole rings is 1. The molecule has 22 heavy (non-hydrogen) atoms. The van der Waals surface area contributed by atoms with Crippen LogP contribution in [0, 0.1) is 0 Å². The maximum atomic E-state index is 11.8. The number of carbonyl (C=O) groups is 1. The van der Waals surface area contributed by atoms with E-state index in [9.17, 15) is 4.79 Å². The zero-order chi connectivity index (χ0) is 16.3. The molecule has 2 aromatic heterocycles. The smallest absolute Gasteiger partial charge is 0.320 e. The summed E-state index contributed by atoms with van der Waals surface area (Å²) in [6, 6.07) is 1.66. The van der Waals surface area contributed by atoms with Crippen molar-refractivity contribution in [3.05, 3.63) is 30.1 Å². The van der Waals surface area contributed by atoms with Crippen LogP contribution in [0.5, 0.6) is 0 Å². The van der Waals surface area contributed by atoms with E-state index in [2.05, 4.69) is 20.7 Å². The first-order valence-electron chi connectivity index (χ1n) is 7.31. The van der Waals surface area contributed by atoms with Crippen molar-refractivity contribution >= 4 is 11.8 Å². The monoisotopic (exact) mass is 305 g/mol. The average molecular weight is 305 g/mol. The molecule has 2 aromatic rings. The average Bonchev–Trinajstić information content (AvgIpc) is 3.04. The number of amides is 2. The predicted molar refractivity (Wildman–Crippen MR) is 83.7 cm³/mol. The van der Waals surface area contributed by atoms with Gasteiger partial charge in [0, 0.05) is 23.7 Å². The summed E-state index contributed by atoms with van der Waals surface area (Å²) < 4.78 is 7.39. The minimum absolute atomic E-state index is 0.100. The fourth-order valence-electron chi connectivity index (χ4n) is 1.75. The molecule has 7 nitrogen and oxygen atoms in total. The standard InChI is InChI=1S/C15H23N5O2/c1-10(2)20-7-6-12(19-20)18-14(21)17-9-13-16-8-11(22-13)15(3,4)5/h6-8,10H,9H2,1-5H3,(H2,17,18,19,21). The van der Waals surface area contributed by atoms with Gasteiger partial charge >= 0.3 is 6.03 Å². The Morgan fingerprint density at radius 2 is 2.14 bits per heavy atom. The molecule has 0 aliphatic carbocycles. The number of hydrogen-bond acceptors (Lipinski definition) is 4. The molecule has 0 fully saturated rings. The molecule has 7 heteroatoms. The molecular weight excluding hydrogens is 282 g/mol. The Hall–Kier alpha value is -2.31. The number of urea groups is 1. The fraction of sp³-hybridized carbons (Fsp3) is 0.533. The van der Waals surface area contributed by atoms with Gasteiger partial charge in [0.05, 0.1) is 12.7 Å². The first kappa shape index (κ1) is 16.1. The minimum atomic E-state index is -0.343. The zero-order valence-corrected chi connectivity index (χ0v) is 13.7. The van der Waals surface area contributed by atoms with E-state index in [1.54, 1.807) is 16.9 Å². The summed E-state index contributed by atoms with van der Waals surface area (Å²) in [6.45, 7) is 10.4. The van der Waals surface area contributed by atoms with Crippen molar-refractivity contribution in [1.29, 1.82) is 0 Å². The van der Waals surface area contributed by atoms with E-state index in [1.165, 1.54) is 0 Å². The molecule has 0 atom stereocenters. The lowest BCUT2D eigenvalue weighted by Crippen LogP contribution is -2.28. The van der Waals surface area contributed by atoms with Crippen LogP contribution >= 0.6 is 0 Å². The van der Waals surface area contributed by atoms with Crippen LogP contribution in [0.2, 0.25) is 0 Å². The number of rotatable bonds is 4. The quantitative estimate of drug-likeness (QED) is 0.909. The highest BCUT2D eigenvalue weighted by molar-refractivity contribution is 5.87. The van der Waals surface area contributed by atoms with Crippen molar-refractivity contribution in [3.8, 4) is 0 Å². The second-order valence-corrected chi connectivity index (χ2v) is 6.45. The van der Waals surface area contributed by atoms with Crippen LogP contribution in [0.1, 0.15) is 52.3 Å². The predicted octanol–water partition coefficient (Wildman–Crippen LogP) is 3.07. The summed E-state index contributed by atoms with van der Waals surface area (Å²) in [5.74, 6) is 1.78.